The molecule has 0 aromatic carbocycles. The van der Waals surface area contributed by atoms with Gasteiger partial charge in [-0.3, -0.25) is 14.6 Å². The summed E-state index contributed by atoms with van der Waals surface area (Å²) in [7, 11) is 1.40. The summed E-state index contributed by atoms with van der Waals surface area (Å²) in [5, 5.41) is 3.15. The van der Waals surface area contributed by atoms with E-state index >= 15 is 0 Å². The van der Waals surface area contributed by atoms with Crippen molar-refractivity contribution in [2.24, 2.45) is 17.3 Å². The lowest BCUT2D eigenvalue weighted by Crippen LogP contribution is -2.34. The molecule has 1 fully saturated rings. The second kappa shape index (κ2) is 7.25. The first-order valence-electron chi connectivity index (χ1n) is 7.67. The Morgan fingerprint density at radius 3 is 2.70 bits per heavy atom. The van der Waals surface area contributed by atoms with E-state index < -0.39 is 5.41 Å². The molecule has 0 spiro atoms. The molecular weight excluding hydrogens is 318 g/mol. The average Bonchev–Trinajstić information content (AvgIpc) is 3.03. The van der Waals surface area contributed by atoms with Gasteiger partial charge in [0.05, 0.1) is 24.8 Å². The van der Waals surface area contributed by atoms with Crippen LogP contribution >= 0.6 is 11.6 Å². The molecule has 0 saturated heterocycles. The Balaban J connectivity index is 1.90. The minimum absolute atomic E-state index is 0.0325. The number of hydrogen-bond acceptors (Lipinski definition) is 5. The maximum Gasteiger partial charge on any atom is 0.311 e. The number of rotatable bonds is 5. The average molecular weight is 340 g/mol. The highest BCUT2D eigenvalue weighted by molar-refractivity contribution is 6.29. The summed E-state index contributed by atoms with van der Waals surface area (Å²) in [5.41, 5.74) is -0.0233. The molecule has 0 bridgehead atoms. The quantitative estimate of drug-likeness (QED) is 0.833. The molecule has 6 nitrogen and oxygen atoms in total. The smallest absolute Gasteiger partial charge is 0.311 e. The van der Waals surface area contributed by atoms with Gasteiger partial charge < -0.3 is 10.1 Å². The Morgan fingerprint density at radius 1 is 1.35 bits per heavy atom. The Bertz CT molecular complexity index is 592. The van der Waals surface area contributed by atoms with Crippen molar-refractivity contribution in [3.8, 4) is 0 Å². The molecule has 1 saturated carbocycles. The van der Waals surface area contributed by atoms with Crippen LogP contribution in [-0.4, -0.2) is 29.0 Å². The first-order valence-corrected chi connectivity index (χ1v) is 8.05. The summed E-state index contributed by atoms with van der Waals surface area (Å²) in [6.45, 7) is 4.01. The van der Waals surface area contributed by atoms with Gasteiger partial charge in [-0.15, -0.1) is 0 Å². The fourth-order valence-corrected chi connectivity index (χ4v) is 3.26. The van der Waals surface area contributed by atoms with Crippen LogP contribution in [0.4, 0.5) is 0 Å². The van der Waals surface area contributed by atoms with E-state index in [1.807, 2.05) is 13.8 Å². The van der Waals surface area contributed by atoms with Crippen LogP contribution in [0.3, 0.4) is 0 Å². The van der Waals surface area contributed by atoms with E-state index in [1.54, 1.807) is 0 Å². The number of methoxy groups -OCH3 is 1. The van der Waals surface area contributed by atoms with Crippen molar-refractivity contribution in [3.05, 3.63) is 23.2 Å². The monoisotopic (exact) mass is 339 g/mol. The Kier molecular flexibility index (Phi) is 5.57. The minimum atomic E-state index is -0.571. The molecule has 1 N–H and O–H groups in total. The number of aromatic nitrogens is 2. The maximum absolute atomic E-state index is 12.3. The summed E-state index contributed by atoms with van der Waals surface area (Å²) < 4.78 is 4.87. The molecule has 1 heterocycles. The van der Waals surface area contributed by atoms with E-state index in [0.29, 0.717) is 17.3 Å². The van der Waals surface area contributed by atoms with Crippen LogP contribution in [-0.2, 0) is 20.9 Å². The molecule has 23 heavy (non-hydrogen) atoms. The highest BCUT2D eigenvalue weighted by Crippen LogP contribution is 2.43. The molecule has 1 aliphatic carbocycles. The zero-order valence-electron chi connectivity index (χ0n) is 13.6. The van der Waals surface area contributed by atoms with Crippen LogP contribution in [0.5, 0.6) is 0 Å². The van der Waals surface area contributed by atoms with Gasteiger partial charge in [0.1, 0.15) is 0 Å². The molecule has 1 amide bonds. The van der Waals surface area contributed by atoms with E-state index in [-0.39, 0.29) is 30.3 Å². The third-order valence-electron chi connectivity index (χ3n) is 4.69. The van der Waals surface area contributed by atoms with Gasteiger partial charge >= 0.3 is 5.97 Å². The van der Waals surface area contributed by atoms with Crippen molar-refractivity contribution in [2.45, 2.75) is 39.7 Å². The van der Waals surface area contributed by atoms with E-state index in [9.17, 15) is 9.59 Å². The number of nitrogens with zero attached hydrogens (tertiary/aromatic N) is 2. The second-order valence-corrected chi connectivity index (χ2v) is 6.79. The van der Waals surface area contributed by atoms with E-state index in [1.165, 1.54) is 19.5 Å². The van der Waals surface area contributed by atoms with Gasteiger partial charge in [0.15, 0.2) is 5.15 Å². The zero-order valence-corrected chi connectivity index (χ0v) is 14.4. The first kappa shape index (κ1) is 17.7. The Labute approximate surface area is 141 Å². The first-order chi connectivity index (χ1) is 10.9. The molecule has 1 aromatic rings. The van der Waals surface area contributed by atoms with Crippen LogP contribution in [0.1, 0.15) is 38.8 Å². The highest BCUT2D eigenvalue weighted by atomic mass is 35.5. The van der Waals surface area contributed by atoms with Gasteiger partial charge in [0, 0.05) is 18.3 Å². The lowest BCUT2D eigenvalue weighted by atomic mass is 9.77. The van der Waals surface area contributed by atoms with Gasteiger partial charge in [0.2, 0.25) is 5.91 Å². The van der Waals surface area contributed by atoms with Crippen molar-refractivity contribution in [1.82, 2.24) is 15.3 Å². The number of amides is 1. The maximum atomic E-state index is 12.3. The fourth-order valence-electron chi connectivity index (χ4n) is 3.09. The topological polar surface area (TPSA) is 81.2 Å². The SMILES string of the molecule is COC(=O)C(C)(C)C1CCC(C(=O)NCc2nccnc2Cl)C1. The minimum Gasteiger partial charge on any atom is -0.469 e. The molecule has 126 valence electrons. The number of carbonyl (C=O) groups excluding carboxylic acids is 2. The van der Waals surface area contributed by atoms with Crippen LogP contribution in [0.2, 0.25) is 5.15 Å². The molecule has 2 atom stereocenters. The van der Waals surface area contributed by atoms with E-state index in [0.717, 1.165) is 12.8 Å². The predicted molar refractivity (Wildman–Crippen MR) is 85.5 cm³/mol. The van der Waals surface area contributed by atoms with Gasteiger partial charge in [-0.05, 0) is 39.0 Å². The molecule has 2 unspecified atom stereocenters. The summed E-state index contributed by atoms with van der Waals surface area (Å²) in [6.07, 6.45) is 5.33. The largest absolute Gasteiger partial charge is 0.469 e. The molecule has 0 radical (unpaired) electrons. The number of nitrogens with one attached hydrogen (secondary N) is 1. The van der Waals surface area contributed by atoms with Crippen molar-refractivity contribution in [2.75, 3.05) is 7.11 Å². The molecule has 2 rings (SSSR count). The molecule has 0 aliphatic heterocycles. The normalized spacial score (nSPS) is 21.0. The van der Waals surface area contributed by atoms with Gasteiger partial charge in [0.25, 0.3) is 0 Å². The lowest BCUT2D eigenvalue weighted by molar-refractivity contribution is -0.154. The molecular formula is C16H22ClN3O3. The van der Waals surface area contributed by atoms with Crippen molar-refractivity contribution in [1.29, 1.82) is 0 Å². The van der Waals surface area contributed by atoms with Crippen molar-refractivity contribution >= 4 is 23.5 Å². The van der Waals surface area contributed by atoms with Gasteiger partial charge in [-0.25, -0.2) is 4.98 Å². The number of hydrogen-bond donors (Lipinski definition) is 1. The number of carbonyl (C=O) groups is 2. The van der Waals surface area contributed by atoms with Crippen molar-refractivity contribution < 1.29 is 14.3 Å². The third-order valence-corrected chi connectivity index (χ3v) is 5.00. The van der Waals surface area contributed by atoms with E-state index in [4.69, 9.17) is 16.3 Å². The zero-order chi connectivity index (χ0) is 17.0. The van der Waals surface area contributed by atoms with Gasteiger partial charge in [-0.2, -0.15) is 0 Å². The number of halogens is 1. The standard InChI is InChI=1S/C16H22ClN3O3/c1-16(2,15(22)23-3)11-5-4-10(8-11)14(21)20-9-12-13(17)19-7-6-18-12/h6-7,10-11H,4-5,8-9H2,1-3H3,(H,20,21). The lowest BCUT2D eigenvalue weighted by Gasteiger charge is -2.28. The van der Waals surface area contributed by atoms with E-state index in [2.05, 4.69) is 15.3 Å². The van der Waals surface area contributed by atoms with Crippen LogP contribution < -0.4 is 5.32 Å². The van der Waals surface area contributed by atoms with Crippen LogP contribution in [0.15, 0.2) is 12.4 Å². The van der Waals surface area contributed by atoms with Gasteiger partial charge in [-0.1, -0.05) is 11.6 Å². The fraction of sp³-hybridized carbons (Fsp3) is 0.625. The van der Waals surface area contributed by atoms with Crippen LogP contribution in [0.25, 0.3) is 0 Å². The molecule has 7 heteroatoms. The Hall–Kier alpha value is -1.69. The highest BCUT2D eigenvalue weighted by Gasteiger charge is 2.43. The summed E-state index contributed by atoms with van der Waals surface area (Å²) >= 11 is 5.92. The van der Waals surface area contributed by atoms with Crippen LogP contribution in [0, 0.1) is 17.3 Å². The third kappa shape index (κ3) is 3.99. The summed E-state index contributed by atoms with van der Waals surface area (Å²) in [4.78, 5) is 32.2. The molecule has 1 aromatic heterocycles. The summed E-state index contributed by atoms with van der Waals surface area (Å²) in [6, 6.07) is 0. The molecule has 1 aliphatic rings. The number of esters is 1. The second-order valence-electron chi connectivity index (χ2n) is 6.43. The Morgan fingerprint density at radius 2 is 2.04 bits per heavy atom. The van der Waals surface area contributed by atoms with Crippen molar-refractivity contribution in [3.63, 3.8) is 0 Å². The summed E-state index contributed by atoms with van der Waals surface area (Å²) in [5.74, 6) is -0.213. The number of ether oxygens (including phenoxy) is 1. The predicted octanol–water partition coefficient (Wildman–Crippen LogP) is 2.36.